The van der Waals surface area contributed by atoms with Crippen molar-refractivity contribution < 1.29 is 0 Å². The summed E-state index contributed by atoms with van der Waals surface area (Å²) in [5.41, 5.74) is 0. The van der Waals surface area contributed by atoms with Crippen LogP contribution in [-0.4, -0.2) is 34.7 Å². The molecule has 1 aliphatic heterocycles. The first-order valence-electron chi connectivity index (χ1n) is 5.46. The Kier molecular flexibility index (Phi) is 8.29. The smallest absolute Gasteiger partial charge is 0.0455 e. The largest absolute Gasteiger partial charge is 0.303 e. The lowest BCUT2D eigenvalue weighted by Crippen LogP contribution is -2.11. The summed E-state index contributed by atoms with van der Waals surface area (Å²) in [5.74, 6) is 0. The van der Waals surface area contributed by atoms with Gasteiger partial charge in [-0.05, 0) is 12.1 Å². The van der Waals surface area contributed by atoms with E-state index in [1.807, 2.05) is 18.2 Å². The van der Waals surface area contributed by atoms with Crippen LogP contribution in [-0.2, 0) is 0 Å². The predicted molar refractivity (Wildman–Crippen MR) is 67.1 cm³/mol. The minimum atomic E-state index is 1.00. The fraction of sp³-hybridized carbons (Fsp3) is 0.250. The van der Waals surface area contributed by atoms with Crippen LogP contribution in [0.25, 0.3) is 0 Å². The number of nitrogens with one attached hydrogen (secondary N) is 2. The third-order valence-electron chi connectivity index (χ3n) is 1.77. The molecule has 1 aliphatic rings. The number of aromatic nitrogens is 3. The summed E-state index contributed by atoms with van der Waals surface area (Å²) in [4.78, 5) is 11.2. The molecule has 5 heteroatoms. The van der Waals surface area contributed by atoms with Gasteiger partial charge in [0.25, 0.3) is 0 Å². The second kappa shape index (κ2) is 10.7. The van der Waals surface area contributed by atoms with Gasteiger partial charge >= 0.3 is 0 Å². The molecule has 0 atom stereocenters. The summed E-state index contributed by atoms with van der Waals surface area (Å²) in [6, 6.07) is 5.72. The van der Waals surface area contributed by atoms with E-state index in [9.17, 15) is 0 Å². The van der Waals surface area contributed by atoms with Crippen LogP contribution >= 0.6 is 0 Å². The molecule has 0 bridgehead atoms. The number of pyridine rings is 1. The molecule has 2 aromatic heterocycles. The zero-order chi connectivity index (χ0) is 12.0. The van der Waals surface area contributed by atoms with Crippen molar-refractivity contribution in [1.29, 1.82) is 0 Å². The number of hydrogen-bond acceptors (Lipinski definition) is 5. The minimum Gasteiger partial charge on any atom is -0.303 e. The van der Waals surface area contributed by atoms with Gasteiger partial charge in [-0.1, -0.05) is 6.07 Å². The average Bonchev–Trinajstić information content (AvgIpc) is 3.03. The second-order valence-corrected chi connectivity index (χ2v) is 3.10. The molecule has 0 aliphatic carbocycles. The maximum absolute atomic E-state index is 3.78. The van der Waals surface area contributed by atoms with Crippen LogP contribution in [0.3, 0.4) is 0 Å². The Bertz CT molecular complexity index is 244. The summed E-state index contributed by atoms with van der Waals surface area (Å²) in [5, 5.41) is 6.22. The zero-order valence-corrected chi connectivity index (χ0v) is 9.66. The first kappa shape index (κ1) is 13.2. The van der Waals surface area contributed by atoms with Crippen LogP contribution in [0.4, 0.5) is 0 Å². The van der Waals surface area contributed by atoms with Gasteiger partial charge in [0.1, 0.15) is 0 Å². The molecule has 1 fully saturated rings. The van der Waals surface area contributed by atoms with Crippen molar-refractivity contribution in [3.63, 3.8) is 0 Å². The standard InChI is InChI=1S/C5H5N.C4H4N2.C3H8N2/c1-2-4-6-5-3-1;1-2-6-4-3-5-1;1-2-5-3-4-1/h1-5H;1-4H;4-5H,1-3H2. The molecule has 17 heavy (non-hydrogen) atoms. The van der Waals surface area contributed by atoms with E-state index < -0.39 is 0 Å². The topological polar surface area (TPSA) is 62.7 Å². The molecule has 90 valence electrons. The van der Waals surface area contributed by atoms with E-state index in [0.717, 1.165) is 19.8 Å². The fourth-order valence-electron chi connectivity index (χ4n) is 1.01. The van der Waals surface area contributed by atoms with Crippen LogP contribution in [0.2, 0.25) is 0 Å². The van der Waals surface area contributed by atoms with Gasteiger partial charge in [-0.25, -0.2) is 0 Å². The van der Waals surface area contributed by atoms with Crippen molar-refractivity contribution in [3.05, 3.63) is 55.4 Å². The molecule has 1 saturated heterocycles. The monoisotopic (exact) mass is 231 g/mol. The molecule has 5 nitrogen and oxygen atoms in total. The van der Waals surface area contributed by atoms with E-state index in [2.05, 4.69) is 25.6 Å². The summed E-state index contributed by atoms with van der Waals surface area (Å²) >= 11 is 0. The normalized spacial score (nSPS) is 12.7. The van der Waals surface area contributed by atoms with Crippen molar-refractivity contribution in [2.45, 2.75) is 0 Å². The predicted octanol–water partition coefficient (Wildman–Crippen LogP) is 0.695. The van der Waals surface area contributed by atoms with E-state index in [1.54, 1.807) is 37.2 Å². The van der Waals surface area contributed by atoms with Crippen molar-refractivity contribution in [2.24, 2.45) is 0 Å². The lowest BCUT2D eigenvalue weighted by Gasteiger charge is -1.77. The highest BCUT2D eigenvalue weighted by atomic mass is 15.1. The third kappa shape index (κ3) is 9.10. The molecule has 0 saturated carbocycles. The number of hydrogen-bond donors (Lipinski definition) is 2. The maximum atomic E-state index is 3.78. The van der Waals surface area contributed by atoms with Gasteiger partial charge < -0.3 is 10.6 Å². The molecular weight excluding hydrogens is 214 g/mol. The molecule has 3 rings (SSSR count). The molecule has 0 aromatic carbocycles. The Morgan fingerprint density at radius 1 is 0.588 bits per heavy atom. The second-order valence-electron chi connectivity index (χ2n) is 3.10. The van der Waals surface area contributed by atoms with Crippen molar-refractivity contribution in [2.75, 3.05) is 19.8 Å². The van der Waals surface area contributed by atoms with E-state index in [4.69, 9.17) is 0 Å². The Labute approximate surface area is 101 Å². The van der Waals surface area contributed by atoms with E-state index in [-0.39, 0.29) is 0 Å². The van der Waals surface area contributed by atoms with Gasteiger partial charge in [0.05, 0.1) is 0 Å². The van der Waals surface area contributed by atoms with Gasteiger partial charge in [-0.2, -0.15) is 0 Å². The molecule has 0 unspecified atom stereocenters. The van der Waals surface area contributed by atoms with Gasteiger partial charge in [0, 0.05) is 56.9 Å². The van der Waals surface area contributed by atoms with E-state index in [0.29, 0.717) is 0 Å². The van der Waals surface area contributed by atoms with Gasteiger partial charge in [0.2, 0.25) is 0 Å². The molecule has 0 spiro atoms. The van der Waals surface area contributed by atoms with Crippen molar-refractivity contribution >= 4 is 0 Å². The third-order valence-corrected chi connectivity index (χ3v) is 1.77. The Morgan fingerprint density at radius 2 is 1.06 bits per heavy atom. The highest BCUT2D eigenvalue weighted by Gasteiger charge is 1.90. The van der Waals surface area contributed by atoms with Crippen molar-refractivity contribution in [3.8, 4) is 0 Å². The molecular formula is C12H17N5. The Hall–Kier alpha value is -1.85. The molecule has 0 radical (unpaired) electrons. The summed E-state index contributed by atoms with van der Waals surface area (Å²) in [6.07, 6.45) is 10.1. The summed E-state index contributed by atoms with van der Waals surface area (Å²) in [7, 11) is 0. The summed E-state index contributed by atoms with van der Waals surface area (Å²) < 4.78 is 0. The highest BCUT2D eigenvalue weighted by Crippen LogP contribution is 1.73. The number of rotatable bonds is 0. The Morgan fingerprint density at radius 3 is 1.24 bits per heavy atom. The molecule has 3 heterocycles. The van der Waals surface area contributed by atoms with Crippen LogP contribution in [0.15, 0.2) is 55.4 Å². The van der Waals surface area contributed by atoms with Gasteiger partial charge in [-0.3, -0.25) is 15.0 Å². The first-order chi connectivity index (χ1) is 8.50. The van der Waals surface area contributed by atoms with Crippen LogP contribution in [0, 0.1) is 0 Å². The molecule has 2 N–H and O–H groups in total. The fourth-order valence-corrected chi connectivity index (χ4v) is 1.01. The van der Waals surface area contributed by atoms with Crippen LogP contribution in [0.5, 0.6) is 0 Å². The lowest BCUT2D eigenvalue weighted by molar-refractivity contribution is 0.807. The average molecular weight is 231 g/mol. The molecule has 2 aromatic rings. The van der Waals surface area contributed by atoms with E-state index >= 15 is 0 Å². The maximum Gasteiger partial charge on any atom is 0.0455 e. The summed E-state index contributed by atoms with van der Waals surface area (Å²) in [6.45, 7) is 3.28. The van der Waals surface area contributed by atoms with Crippen LogP contribution < -0.4 is 10.6 Å². The quantitative estimate of drug-likeness (QED) is 0.698. The van der Waals surface area contributed by atoms with Gasteiger partial charge in [-0.15, -0.1) is 0 Å². The highest BCUT2D eigenvalue weighted by molar-refractivity contribution is 4.88. The lowest BCUT2D eigenvalue weighted by atomic mass is 10.5. The van der Waals surface area contributed by atoms with Crippen molar-refractivity contribution in [1.82, 2.24) is 25.6 Å². The molecule has 0 amide bonds. The Balaban J connectivity index is 0.000000128. The zero-order valence-electron chi connectivity index (χ0n) is 9.66. The number of nitrogens with zero attached hydrogens (tertiary/aromatic N) is 3. The SMILES string of the molecule is C1CNCN1.c1ccncc1.c1cnccn1. The van der Waals surface area contributed by atoms with Gasteiger partial charge in [0.15, 0.2) is 0 Å². The van der Waals surface area contributed by atoms with Crippen LogP contribution in [0.1, 0.15) is 0 Å². The van der Waals surface area contributed by atoms with E-state index in [1.165, 1.54) is 0 Å². The minimum absolute atomic E-state index is 1.00. The first-order valence-corrected chi connectivity index (χ1v) is 5.46.